The number of rotatable bonds is 3. The van der Waals surface area contributed by atoms with Crippen LogP contribution >= 0.6 is 0 Å². The van der Waals surface area contributed by atoms with Gasteiger partial charge in [-0.3, -0.25) is 10.1 Å². The fourth-order valence-corrected chi connectivity index (χ4v) is 3.94. The molecule has 1 fully saturated rings. The zero-order chi connectivity index (χ0) is 18.3. The van der Waals surface area contributed by atoms with Crippen molar-refractivity contribution in [3.8, 4) is 0 Å². The van der Waals surface area contributed by atoms with Gasteiger partial charge in [-0.1, -0.05) is 12.1 Å². The molecule has 26 heavy (non-hydrogen) atoms. The summed E-state index contributed by atoms with van der Waals surface area (Å²) in [5.41, 5.74) is 2.98. The van der Waals surface area contributed by atoms with Crippen molar-refractivity contribution in [3.05, 3.63) is 69.3 Å². The van der Waals surface area contributed by atoms with Gasteiger partial charge in [0.25, 0.3) is 5.69 Å². The summed E-state index contributed by atoms with van der Waals surface area (Å²) in [6.45, 7) is 0.644. The SMILES string of the molecule is O=C(O)c1ccc2c(c1)[C@@H]1OCCC[C@@H]1[C@@H](c1ccc([N+](=O)[O-])cc1)N2. The molecule has 2 N–H and O–H groups in total. The number of hydrogen-bond acceptors (Lipinski definition) is 5. The smallest absolute Gasteiger partial charge is 0.335 e. The molecule has 2 aliphatic heterocycles. The molecule has 3 atom stereocenters. The highest BCUT2D eigenvalue weighted by Crippen LogP contribution is 2.49. The number of nitrogens with zero attached hydrogens (tertiary/aromatic N) is 1. The van der Waals surface area contributed by atoms with Crippen LogP contribution < -0.4 is 5.32 Å². The quantitative estimate of drug-likeness (QED) is 0.640. The summed E-state index contributed by atoms with van der Waals surface area (Å²) in [7, 11) is 0. The Hall–Kier alpha value is -2.93. The van der Waals surface area contributed by atoms with Crippen molar-refractivity contribution in [1.29, 1.82) is 0 Å². The van der Waals surface area contributed by atoms with E-state index < -0.39 is 10.9 Å². The van der Waals surface area contributed by atoms with E-state index in [0.29, 0.717) is 6.61 Å². The van der Waals surface area contributed by atoms with Crippen molar-refractivity contribution >= 4 is 17.3 Å². The summed E-state index contributed by atoms with van der Waals surface area (Å²) in [4.78, 5) is 21.8. The molecule has 4 rings (SSSR count). The van der Waals surface area contributed by atoms with Crippen molar-refractivity contribution in [1.82, 2.24) is 0 Å². The first-order valence-electron chi connectivity index (χ1n) is 8.54. The van der Waals surface area contributed by atoms with Crippen LogP contribution in [0.3, 0.4) is 0 Å². The molecular formula is C19H18N2O5. The Kier molecular flexibility index (Phi) is 4.08. The number of nitrogens with one attached hydrogen (secondary N) is 1. The van der Waals surface area contributed by atoms with Crippen LogP contribution in [0.5, 0.6) is 0 Å². The van der Waals surface area contributed by atoms with E-state index in [1.54, 1.807) is 30.3 Å². The van der Waals surface area contributed by atoms with Crippen LogP contribution in [0.2, 0.25) is 0 Å². The third kappa shape index (κ3) is 2.80. The summed E-state index contributed by atoms with van der Waals surface area (Å²) in [5.74, 6) is -0.820. The van der Waals surface area contributed by atoms with E-state index in [1.165, 1.54) is 12.1 Å². The summed E-state index contributed by atoms with van der Waals surface area (Å²) in [5, 5.41) is 23.6. The van der Waals surface area contributed by atoms with Gasteiger partial charge in [0.2, 0.25) is 0 Å². The number of carboxylic acid groups (broad SMARTS) is 1. The molecule has 2 aliphatic rings. The topological polar surface area (TPSA) is 102 Å². The highest BCUT2D eigenvalue weighted by Gasteiger charge is 2.40. The van der Waals surface area contributed by atoms with Crippen LogP contribution in [-0.4, -0.2) is 22.6 Å². The lowest BCUT2D eigenvalue weighted by Crippen LogP contribution is -2.36. The lowest BCUT2D eigenvalue weighted by atomic mass is 9.77. The van der Waals surface area contributed by atoms with Gasteiger partial charge in [0, 0.05) is 35.9 Å². The number of benzene rings is 2. The Balaban J connectivity index is 1.73. The molecular weight excluding hydrogens is 336 g/mol. The largest absolute Gasteiger partial charge is 0.478 e. The molecule has 0 aromatic heterocycles. The Morgan fingerprint density at radius 3 is 2.69 bits per heavy atom. The molecule has 2 aromatic carbocycles. The molecule has 0 saturated carbocycles. The summed E-state index contributed by atoms with van der Waals surface area (Å²) in [6, 6.07) is 11.6. The average molecular weight is 354 g/mol. The van der Waals surface area contributed by atoms with Gasteiger partial charge in [-0.05, 0) is 36.6 Å². The number of anilines is 1. The maximum absolute atomic E-state index is 11.3. The van der Waals surface area contributed by atoms with Crippen LogP contribution in [0, 0.1) is 16.0 Å². The van der Waals surface area contributed by atoms with Gasteiger partial charge in [-0.15, -0.1) is 0 Å². The summed E-state index contributed by atoms with van der Waals surface area (Å²) in [6.07, 6.45) is 1.69. The predicted octanol–water partition coefficient (Wildman–Crippen LogP) is 3.93. The Morgan fingerprint density at radius 1 is 1.23 bits per heavy atom. The lowest BCUT2D eigenvalue weighted by Gasteiger charge is -2.43. The highest BCUT2D eigenvalue weighted by molar-refractivity contribution is 5.88. The first-order chi connectivity index (χ1) is 12.5. The van der Waals surface area contributed by atoms with Crippen LogP contribution in [0.4, 0.5) is 11.4 Å². The van der Waals surface area contributed by atoms with Crippen LogP contribution in [0.15, 0.2) is 42.5 Å². The molecule has 0 spiro atoms. The number of ether oxygens (including phenoxy) is 1. The van der Waals surface area contributed by atoms with Crippen LogP contribution in [0.1, 0.15) is 46.5 Å². The highest BCUT2D eigenvalue weighted by atomic mass is 16.6. The van der Waals surface area contributed by atoms with E-state index in [0.717, 1.165) is 29.7 Å². The van der Waals surface area contributed by atoms with Gasteiger partial charge in [0.15, 0.2) is 0 Å². The minimum absolute atomic E-state index is 0.0377. The van der Waals surface area contributed by atoms with Gasteiger partial charge < -0.3 is 15.2 Å². The molecule has 0 bridgehead atoms. The Bertz CT molecular complexity index is 865. The van der Waals surface area contributed by atoms with E-state index in [-0.39, 0.29) is 29.3 Å². The lowest BCUT2D eigenvalue weighted by molar-refractivity contribution is -0.384. The van der Waals surface area contributed by atoms with Crippen LogP contribution in [-0.2, 0) is 4.74 Å². The van der Waals surface area contributed by atoms with E-state index in [9.17, 15) is 20.0 Å². The van der Waals surface area contributed by atoms with Gasteiger partial charge in [0.05, 0.1) is 22.6 Å². The maximum atomic E-state index is 11.3. The zero-order valence-corrected chi connectivity index (χ0v) is 13.9. The Morgan fingerprint density at radius 2 is 2.00 bits per heavy atom. The first-order valence-corrected chi connectivity index (χ1v) is 8.54. The number of fused-ring (bicyclic) bond motifs is 3. The molecule has 0 aliphatic carbocycles. The maximum Gasteiger partial charge on any atom is 0.335 e. The van der Waals surface area contributed by atoms with Crippen molar-refractivity contribution < 1.29 is 19.6 Å². The second-order valence-electron chi connectivity index (χ2n) is 6.68. The standard InChI is InChI=1S/C19H18N2O5/c22-19(23)12-5-8-16-15(10-12)18-14(2-1-9-26-18)17(20-16)11-3-6-13(7-4-11)21(24)25/h3-8,10,14,17-18,20H,1-2,9H2,(H,22,23)/t14-,17-,18-/m1/s1. The van der Waals surface area contributed by atoms with Gasteiger partial charge in [0.1, 0.15) is 0 Å². The molecule has 2 aromatic rings. The number of hydrogen-bond donors (Lipinski definition) is 2. The monoisotopic (exact) mass is 354 g/mol. The van der Waals surface area contributed by atoms with E-state index >= 15 is 0 Å². The molecule has 1 saturated heterocycles. The number of aromatic carboxylic acids is 1. The summed E-state index contributed by atoms with van der Waals surface area (Å²) < 4.78 is 6.02. The van der Waals surface area contributed by atoms with Crippen molar-refractivity contribution in [2.45, 2.75) is 25.0 Å². The number of nitro groups is 1. The third-order valence-corrected chi connectivity index (χ3v) is 5.18. The first kappa shape index (κ1) is 16.5. The zero-order valence-electron chi connectivity index (χ0n) is 13.9. The van der Waals surface area contributed by atoms with Crippen LogP contribution in [0.25, 0.3) is 0 Å². The normalized spacial score (nSPS) is 24.1. The number of non-ortho nitro benzene ring substituents is 1. The minimum Gasteiger partial charge on any atom is -0.478 e. The fourth-order valence-electron chi connectivity index (χ4n) is 3.94. The van der Waals surface area contributed by atoms with Crippen molar-refractivity contribution in [3.63, 3.8) is 0 Å². The van der Waals surface area contributed by atoms with Gasteiger partial charge in [-0.25, -0.2) is 4.79 Å². The molecule has 2 heterocycles. The van der Waals surface area contributed by atoms with Crippen molar-refractivity contribution in [2.24, 2.45) is 5.92 Å². The predicted molar refractivity (Wildman–Crippen MR) is 94.3 cm³/mol. The molecule has 0 radical (unpaired) electrons. The average Bonchev–Trinajstić information content (AvgIpc) is 2.67. The van der Waals surface area contributed by atoms with Crippen molar-refractivity contribution in [2.75, 3.05) is 11.9 Å². The molecule has 0 unspecified atom stereocenters. The van der Waals surface area contributed by atoms with E-state index in [2.05, 4.69) is 5.32 Å². The minimum atomic E-state index is -0.961. The molecule has 0 amide bonds. The second-order valence-corrected chi connectivity index (χ2v) is 6.68. The molecule has 7 heteroatoms. The third-order valence-electron chi connectivity index (χ3n) is 5.18. The van der Waals surface area contributed by atoms with Gasteiger partial charge in [-0.2, -0.15) is 0 Å². The number of carboxylic acids is 1. The van der Waals surface area contributed by atoms with E-state index in [1.807, 2.05) is 0 Å². The second kappa shape index (κ2) is 6.42. The van der Waals surface area contributed by atoms with E-state index in [4.69, 9.17) is 4.74 Å². The molecule has 134 valence electrons. The molecule has 7 nitrogen and oxygen atoms in total. The Labute approximate surface area is 149 Å². The fraction of sp³-hybridized carbons (Fsp3) is 0.316. The van der Waals surface area contributed by atoms with Gasteiger partial charge >= 0.3 is 5.97 Å². The number of carbonyl (C=O) groups is 1. The number of nitro benzene ring substituents is 1. The summed E-state index contributed by atoms with van der Waals surface area (Å²) >= 11 is 0.